The number of likely N-dealkylation sites (tertiary alicyclic amines) is 1. The molecular weight excluding hydrogens is 270 g/mol. The summed E-state index contributed by atoms with van der Waals surface area (Å²) in [6, 6.07) is 0. The number of rotatable bonds is 1. The van der Waals surface area contributed by atoms with Crippen LogP contribution >= 0.6 is 0 Å². The van der Waals surface area contributed by atoms with Crippen molar-refractivity contribution < 1.29 is 19.1 Å². The summed E-state index contributed by atoms with van der Waals surface area (Å²) in [5.41, 5.74) is -1.47. The van der Waals surface area contributed by atoms with Crippen molar-refractivity contribution in [3.8, 4) is 0 Å². The zero-order chi connectivity index (χ0) is 15.8. The maximum Gasteiger partial charge on any atom is 0.411 e. The Balaban J connectivity index is 2.29. The predicted molar refractivity (Wildman–Crippen MR) is 78.8 cm³/mol. The molecule has 5 heteroatoms. The summed E-state index contributed by atoms with van der Waals surface area (Å²) in [7, 11) is 1.39. The van der Waals surface area contributed by atoms with Crippen LogP contribution in [-0.4, -0.2) is 41.8 Å². The van der Waals surface area contributed by atoms with Crippen LogP contribution in [0.25, 0.3) is 0 Å². The number of ether oxygens (including phenoxy) is 2. The van der Waals surface area contributed by atoms with E-state index in [1.807, 2.05) is 27.7 Å². The van der Waals surface area contributed by atoms with E-state index >= 15 is 0 Å². The lowest BCUT2D eigenvalue weighted by Crippen LogP contribution is -2.56. The molecule has 21 heavy (non-hydrogen) atoms. The van der Waals surface area contributed by atoms with Crippen LogP contribution < -0.4 is 0 Å². The van der Waals surface area contributed by atoms with E-state index in [4.69, 9.17) is 9.47 Å². The smallest absolute Gasteiger partial charge is 0.411 e. The SMILES string of the molecule is COC(=O)C1(C)C2CCCCC2CN1C(=O)OC(C)(C)C. The van der Waals surface area contributed by atoms with Gasteiger partial charge in [0.25, 0.3) is 0 Å². The van der Waals surface area contributed by atoms with Gasteiger partial charge in [0.1, 0.15) is 11.1 Å². The lowest BCUT2D eigenvalue weighted by Gasteiger charge is -2.38. The van der Waals surface area contributed by atoms with Crippen LogP contribution in [0.4, 0.5) is 4.79 Å². The van der Waals surface area contributed by atoms with Crippen LogP contribution in [0.3, 0.4) is 0 Å². The second-order valence-corrected chi connectivity index (χ2v) is 7.38. The highest BCUT2D eigenvalue weighted by Crippen LogP contribution is 2.47. The molecule has 2 fully saturated rings. The van der Waals surface area contributed by atoms with Crippen molar-refractivity contribution in [2.75, 3.05) is 13.7 Å². The first-order chi connectivity index (χ1) is 9.70. The Hall–Kier alpha value is -1.26. The number of nitrogens with zero attached hydrogens (tertiary/aromatic N) is 1. The Morgan fingerprint density at radius 2 is 1.81 bits per heavy atom. The largest absolute Gasteiger partial charge is 0.467 e. The normalized spacial score (nSPS) is 32.5. The third-order valence-electron chi connectivity index (χ3n) is 4.82. The summed E-state index contributed by atoms with van der Waals surface area (Å²) in [6.07, 6.45) is 3.90. The lowest BCUT2D eigenvalue weighted by molar-refractivity contribution is -0.155. The summed E-state index contributed by atoms with van der Waals surface area (Å²) in [6.45, 7) is 7.93. The molecule has 1 amide bonds. The molecule has 1 saturated heterocycles. The van der Waals surface area contributed by atoms with Crippen molar-refractivity contribution in [3.05, 3.63) is 0 Å². The van der Waals surface area contributed by atoms with Gasteiger partial charge in [-0.15, -0.1) is 0 Å². The summed E-state index contributed by atoms with van der Waals surface area (Å²) in [4.78, 5) is 26.5. The topological polar surface area (TPSA) is 55.8 Å². The van der Waals surface area contributed by atoms with Gasteiger partial charge in [0, 0.05) is 6.54 Å². The molecule has 5 nitrogen and oxygen atoms in total. The van der Waals surface area contributed by atoms with Crippen molar-refractivity contribution in [1.29, 1.82) is 0 Å². The molecule has 120 valence electrons. The van der Waals surface area contributed by atoms with Gasteiger partial charge in [0.05, 0.1) is 7.11 Å². The molecule has 1 aliphatic carbocycles. The van der Waals surface area contributed by atoms with Gasteiger partial charge in [-0.2, -0.15) is 0 Å². The lowest BCUT2D eigenvalue weighted by atomic mass is 9.72. The molecule has 0 N–H and O–H groups in total. The third kappa shape index (κ3) is 2.87. The minimum Gasteiger partial charge on any atom is -0.467 e. The zero-order valence-electron chi connectivity index (χ0n) is 13.8. The zero-order valence-corrected chi connectivity index (χ0v) is 13.8. The van der Waals surface area contributed by atoms with Gasteiger partial charge < -0.3 is 9.47 Å². The van der Waals surface area contributed by atoms with Crippen LogP contribution in [-0.2, 0) is 14.3 Å². The fourth-order valence-electron chi connectivity index (χ4n) is 3.84. The van der Waals surface area contributed by atoms with Crippen LogP contribution in [0, 0.1) is 11.8 Å². The van der Waals surface area contributed by atoms with Gasteiger partial charge >= 0.3 is 12.1 Å². The number of methoxy groups -OCH3 is 1. The van der Waals surface area contributed by atoms with Gasteiger partial charge in [-0.25, -0.2) is 9.59 Å². The summed E-state index contributed by atoms with van der Waals surface area (Å²) in [5.74, 6) is 0.212. The first-order valence-corrected chi connectivity index (χ1v) is 7.79. The molecule has 1 saturated carbocycles. The Morgan fingerprint density at radius 3 is 2.38 bits per heavy atom. The fourth-order valence-corrected chi connectivity index (χ4v) is 3.84. The molecule has 1 heterocycles. The van der Waals surface area contributed by atoms with E-state index < -0.39 is 17.2 Å². The molecule has 0 bridgehead atoms. The Bertz CT molecular complexity index is 428. The molecule has 0 radical (unpaired) electrons. The van der Waals surface area contributed by atoms with E-state index in [2.05, 4.69) is 0 Å². The number of amides is 1. The van der Waals surface area contributed by atoms with E-state index in [1.54, 1.807) is 4.90 Å². The van der Waals surface area contributed by atoms with Gasteiger partial charge in [0.15, 0.2) is 0 Å². The number of carbonyl (C=O) groups is 2. The summed E-state index contributed by atoms with van der Waals surface area (Å²) in [5, 5.41) is 0. The number of carbonyl (C=O) groups excluding carboxylic acids is 2. The summed E-state index contributed by atoms with van der Waals surface area (Å²) >= 11 is 0. The maximum absolute atomic E-state index is 12.5. The highest BCUT2D eigenvalue weighted by molar-refractivity contribution is 5.86. The second-order valence-electron chi connectivity index (χ2n) is 7.38. The quantitative estimate of drug-likeness (QED) is 0.698. The van der Waals surface area contributed by atoms with E-state index in [0.717, 1.165) is 19.3 Å². The van der Waals surface area contributed by atoms with Crippen LogP contribution in [0.1, 0.15) is 53.4 Å². The maximum atomic E-state index is 12.5. The van der Waals surface area contributed by atoms with Crippen molar-refractivity contribution >= 4 is 12.1 Å². The van der Waals surface area contributed by atoms with Gasteiger partial charge in [-0.3, -0.25) is 4.90 Å². The van der Waals surface area contributed by atoms with Crippen molar-refractivity contribution in [3.63, 3.8) is 0 Å². The first-order valence-electron chi connectivity index (χ1n) is 7.79. The van der Waals surface area contributed by atoms with Crippen LogP contribution in [0.5, 0.6) is 0 Å². The Kier molecular flexibility index (Phi) is 4.22. The van der Waals surface area contributed by atoms with Gasteiger partial charge in [0.2, 0.25) is 0 Å². The Labute approximate surface area is 127 Å². The average Bonchev–Trinajstić information content (AvgIpc) is 2.71. The van der Waals surface area contributed by atoms with Crippen molar-refractivity contribution in [1.82, 2.24) is 4.90 Å². The molecule has 2 aliphatic rings. The molecule has 3 unspecified atom stereocenters. The predicted octanol–water partition coefficient (Wildman–Crippen LogP) is 2.98. The number of fused-ring (bicyclic) bond motifs is 1. The molecule has 0 aromatic heterocycles. The van der Waals surface area contributed by atoms with Crippen molar-refractivity contribution in [2.24, 2.45) is 11.8 Å². The van der Waals surface area contributed by atoms with E-state index in [1.165, 1.54) is 13.5 Å². The van der Waals surface area contributed by atoms with E-state index in [9.17, 15) is 9.59 Å². The van der Waals surface area contributed by atoms with Crippen LogP contribution in [0.2, 0.25) is 0 Å². The first kappa shape index (κ1) is 16.1. The van der Waals surface area contributed by atoms with E-state index in [0.29, 0.717) is 12.5 Å². The highest BCUT2D eigenvalue weighted by atomic mass is 16.6. The minimum atomic E-state index is -0.901. The Morgan fingerprint density at radius 1 is 1.19 bits per heavy atom. The molecule has 2 rings (SSSR count). The van der Waals surface area contributed by atoms with E-state index in [-0.39, 0.29) is 11.9 Å². The number of hydrogen-bond donors (Lipinski definition) is 0. The average molecular weight is 297 g/mol. The molecule has 0 spiro atoms. The van der Waals surface area contributed by atoms with Gasteiger partial charge in [-0.05, 0) is 52.4 Å². The molecule has 0 aromatic carbocycles. The van der Waals surface area contributed by atoms with Crippen molar-refractivity contribution in [2.45, 2.75) is 64.5 Å². The monoisotopic (exact) mass is 297 g/mol. The second kappa shape index (κ2) is 5.50. The number of hydrogen-bond acceptors (Lipinski definition) is 4. The van der Waals surface area contributed by atoms with Crippen LogP contribution in [0.15, 0.2) is 0 Å². The molecule has 1 aliphatic heterocycles. The molecule has 3 atom stereocenters. The molecule has 0 aromatic rings. The molecular formula is C16H27NO4. The van der Waals surface area contributed by atoms with Gasteiger partial charge in [-0.1, -0.05) is 12.8 Å². The number of esters is 1. The highest BCUT2D eigenvalue weighted by Gasteiger charge is 2.58. The fraction of sp³-hybridized carbons (Fsp3) is 0.875. The third-order valence-corrected chi connectivity index (χ3v) is 4.82. The standard InChI is InChI=1S/C16H27NO4/c1-15(2,3)21-14(19)17-10-11-8-6-7-9-12(11)16(17,4)13(18)20-5/h11-12H,6-10H2,1-5H3. The summed E-state index contributed by atoms with van der Waals surface area (Å²) < 4.78 is 10.5. The minimum absolute atomic E-state index is 0.172.